The third kappa shape index (κ3) is 1.93. The van der Waals surface area contributed by atoms with Gasteiger partial charge in [0.25, 0.3) is 5.91 Å². The minimum Gasteiger partial charge on any atom is -0.296 e. The highest BCUT2D eigenvalue weighted by Gasteiger charge is 2.37. The second kappa shape index (κ2) is 4.58. The smallest absolute Gasteiger partial charge is 0.274 e. The molecular weight excluding hydrogens is 247 g/mol. The van der Waals surface area contributed by atoms with Crippen LogP contribution < -0.4 is 5.48 Å². The summed E-state index contributed by atoms with van der Waals surface area (Å²) in [7, 11) is 0. The van der Waals surface area contributed by atoms with Crippen LogP contribution in [0.25, 0.3) is 0 Å². The molecule has 0 unspecified atom stereocenters. The van der Waals surface area contributed by atoms with E-state index in [1.165, 1.54) is 6.07 Å². The molecule has 2 atom stereocenters. The number of hydrogen-bond acceptors (Lipinski definition) is 3. The van der Waals surface area contributed by atoms with E-state index in [2.05, 4.69) is 11.8 Å². The van der Waals surface area contributed by atoms with Gasteiger partial charge in [0.05, 0.1) is 0 Å². The van der Waals surface area contributed by atoms with E-state index in [0.717, 1.165) is 30.5 Å². The molecule has 0 spiro atoms. The van der Waals surface area contributed by atoms with Crippen LogP contribution in [0.5, 0.6) is 0 Å². The third-order valence-corrected chi connectivity index (χ3v) is 4.40. The van der Waals surface area contributed by atoms with Gasteiger partial charge in [0.1, 0.15) is 5.82 Å². The molecular formula is C14H17FN2O2. The van der Waals surface area contributed by atoms with Gasteiger partial charge in [0, 0.05) is 18.2 Å². The fraction of sp³-hybridized carbons (Fsp3) is 0.500. The van der Waals surface area contributed by atoms with Gasteiger partial charge in [-0.1, -0.05) is 6.92 Å². The lowest BCUT2D eigenvalue weighted by Crippen LogP contribution is -2.38. The summed E-state index contributed by atoms with van der Waals surface area (Å²) in [5, 5.41) is 8.65. The number of nitrogens with one attached hydrogen (secondary N) is 1. The van der Waals surface area contributed by atoms with Crippen LogP contribution in [0, 0.1) is 5.82 Å². The van der Waals surface area contributed by atoms with Gasteiger partial charge >= 0.3 is 0 Å². The highest BCUT2D eigenvalue weighted by Crippen LogP contribution is 2.40. The molecule has 1 aromatic rings. The molecule has 0 aliphatic carbocycles. The lowest BCUT2D eigenvalue weighted by Gasteiger charge is -2.37. The first-order valence-electron chi connectivity index (χ1n) is 6.62. The Hall–Kier alpha value is -1.46. The third-order valence-electron chi connectivity index (χ3n) is 4.40. The Labute approximate surface area is 111 Å². The number of nitrogens with zero attached hydrogens (tertiary/aromatic N) is 1. The first kappa shape index (κ1) is 12.6. The van der Waals surface area contributed by atoms with E-state index in [-0.39, 0.29) is 17.3 Å². The Morgan fingerprint density at radius 3 is 3.05 bits per heavy atom. The van der Waals surface area contributed by atoms with Crippen molar-refractivity contribution in [3.63, 3.8) is 0 Å². The molecule has 1 fully saturated rings. The fourth-order valence-corrected chi connectivity index (χ4v) is 3.54. The van der Waals surface area contributed by atoms with Gasteiger partial charge in [0.2, 0.25) is 0 Å². The van der Waals surface area contributed by atoms with Crippen molar-refractivity contribution in [1.82, 2.24) is 10.4 Å². The number of fused-ring (bicyclic) bond motifs is 2. The van der Waals surface area contributed by atoms with Gasteiger partial charge in [-0.3, -0.25) is 14.9 Å². The van der Waals surface area contributed by atoms with Crippen molar-refractivity contribution in [3.8, 4) is 0 Å². The Balaban J connectivity index is 2.06. The highest BCUT2D eigenvalue weighted by atomic mass is 19.1. The van der Waals surface area contributed by atoms with E-state index >= 15 is 0 Å². The summed E-state index contributed by atoms with van der Waals surface area (Å²) in [6.45, 7) is 3.77. The van der Waals surface area contributed by atoms with Crippen LogP contribution in [0.2, 0.25) is 0 Å². The second-order valence-corrected chi connectivity index (χ2v) is 5.44. The zero-order chi connectivity index (χ0) is 13.6. The Bertz CT molecular complexity index is 532. The molecule has 19 heavy (non-hydrogen) atoms. The maximum absolute atomic E-state index is 14.3. The lowest BCUT2D eigenvalue weighted by molar-refractivity contribution is 0.0705. The van der Waals surface area contributed by atoms with Crippen LogP contribution in [-0.4, -0.2) is 28.6 Å². The van der Waals surface area contributed by atoms with Crippen LogP contribution in [0.4, 0.5) is 4.39 Å². The van der Waals surface area contributed by atoms with E-state index in [1.54, 1.807) is 11.5 Å². The molecule has 1 aromatic carbocycles. The molecule has 2 aliphatic heterocycles. The fourth-order valence-electron chi connectivity index (χ4n) is 3.54. The predicted molar refractivity (Wildman–Crippen MR) is 67.5 cm³/mol. The molecule has 102 valence electrons. The second-order valence-electron chi connectivity index (χ2n) is 5.44. The quantitative estimate of drug-likeness (QED) is 0.603. The summed E-state index contributed by atoms with van der Waals surface area (Å²) in [6, 6.07) is 3.32. The van der Waals surface area contributed by atoms with E-state index in [0.29, 0.717) is 12.6 Å². The number of hydrogen-bond donors (Lipinski definition) is 2. The molecule has 3 rings (SSSR count). The van der Waals surface area contributed by atoms with E-state index in [1.807, 2.05) is 0 Å². The van der Waals surface area contributed by atoms with Gasteiger partial charge in [-0.25, -0.2) is 9.87 Å². The number of rotatable bonds is 1. The Morgan fingerprint density at radius 2 is 2.32 bits per heavy atom. The lowest BCUT2D eigenvalue weighted by atomic mass is 9.83. The van der Waals surface area contributed by atoms with Gasteiger partial charge in [-0.15, -0.1) is 0 Å². The number of benzene rings is 1. The average Bonchev–Trinajstić information content (AvgIpc) is 2.85. The summed E-state index contributed by atoms with van der Waals surface area (Å²) >= 11 is 0. The van der Waals surface area contributed by atoms with Crippen molar-refractivity contribution < 1.29 is 14.4 Å². The Kier molecular flexibility index (Phi) is 3.03. The summed E-state index contributed by atoms with van der Waals surface area (Å²) in [5.41, 5.74) is 3.32. The van der Waals surface area contributed by atoms with Crippen molar-refractivity contribution >= 4 is 5.91 Å². The topological polar surface area (TPSA) is 52.6 Å². The maximum Gasteiger partial charge on any atom is 0.274 e. The average molecular weight is 264 g/mol. The largest absolute Gasteiger partial charge is 0.296 e. The minimum absolute atomic E-state index is 0.150. The molecule has 0 radical (unpaired) electrons. The molecule has 0 aromatic heterocycles. The number of halogens is 1. The van der Waals surface area contributed by atoms with Crippen LogP contribution in [0.3, 0.4) is 0 Å². The number of amides is 1. The van der Waals surface area contributed by atoms with Crippen LogP contribution in [0.1, 0.15) is 47.2 Å². The molecule has 1 amide bonds. The summed E-state index contributed by atoms with van der Waals surface area (Å²) < 4.78 is 14.3. The first-order chi connectivity index (χ1) is 9.11. The van der Waals surface area contributed by atoms with Gasteiger partial charge < -0.3 is 0 Å². The van der Waals surface area contributed by atoms with Crippen molar-refractivity contribution in [1.29, 1.82) is 0 Å². The number of hydroxylamine groups is 1. The molecule has 0 saturated carbocycles. The van der Waals surface area contributed by atoms with Crippen molar-refractivity contribution in [2.45, 2.75) is 38.3 Å². The molecule has 0 bridgehead atoms. The summed E-state index contributed by atoms with van der Waals surface area (Å²) in [4.78, 5) is 13.8. The molecule has 4 nitrogen and oxygen atoms in total. The number of carbonyl (C=O) groups excluding carboxylic acids is 1. The number of carbonyl (C=O) groups is 1. The standard InChI is InChI=1S/C14H17FN2O2/c1-8-12-3-2-4-17(12)7-10-5-9(14(18)16-19)6-11(15)13(8)10/h5-6,8,12,19H,2-4,7H2,1H3,(H,16,18)/t8-,12+/m0/s1. The van der Waals surface area contributed by atoms with E-state index < -0.39 is 5.91 Å². The monoisotopic (exact) mass is 264 g/mol. The van der Waals surface area contributed by atoms with E-state index in [4.69, 9.17) is 5.21 Å². The van der Waals surface area contributed by atoms with Gasteiger partial charge in [-0.2, -0.15) is 0 Å². The minimum atomic E-state index is -0.669. The molecule has 2 N–H and O–H groups in total. The van der Waals surface area contributed by atoms with Crippen molar-refractivity contribution in [2.75, 3.05) is 6.54 Å². The zero-order valence-electron chi connectivity index (χ0n) is 10.8. The molecule has 5 heteroatoms. The molecule has 1 saturated heterocycles. The Morgan fingerprint density at radius 1 is 1.53 bits per heavy atom. The van der Waals surface area contributed by atoms with Crippen LogP contribution >= 0.6 is 0 Å². The zero-order valence-corrected chi connectivity index (χ0v) is 10.8. The van der Waals surface area contributed by atoms with Crippen LogP contribution in [-0.2, 0) is 6.54 Å². The SMILES string of the molecule is C[C@@H]1c2c(F)cc(C(=O)NO)cc2CN2CCC[C@H]12. The predicted octanol–water partition coefficient (Wildman–Crippen LogP) is 2.03. The normalized spacial score (nSPS) is 25.8. The molecule has 2 aliphatic rings. The first-order valence-corrected chi connectivity index (χ1v) is 6.62. The summed E-state index contributed by atoms with van der Waals surface area (Å²) in [5.74, 6) is -0.856. The maximum atomic E-state index is 14.3. The summed E-state index contributed by atoms with van der Waals surface area (Å²) in [6.07, 6.45) is 2.26. The molecule has 2 heterocycles. The van der Waals surface area contributed by atoms with Gasteiger partial charge in [0.15, 0.2) is 0 Å². The van der Waals surface area contributed by atoms with Crippen molar-refractivity contribution in [2.24, 2.45) is 0 Å². The highest BCUT2D eigenvalue weighted by molar-refractivity contribution is 5.93. The van der Waals surface area contributed by atoms with Crippen molar-refractivity contribution in [3.05, 3.63) is 34.6 Å². The van der Waals surface area contributed by atoms with E-state index in [9.17, 15) is 9.18 Å². The van der Waals surface area contributed by atoms with Crippen LogP contribution in [0.15, 0.2) is 12.1 Å². The van der Waals surface area contributed by atoms with Gasteiger partial charge in [-0.05, 0) is 48.6 Å².